The molecule has 1 aliphatic carbocycles. The van der Waals surface area contributed by atoms with Crippen molar-refractivity contribution in [1.29, 1.82) is 0 Å². The van der Waals surface area contributed by atoms with Crippen molar-refractivity contribution < 1.29 is 9.90 Å². The van der Waals surface area contributed by atoms with Gasteiger partial charge in [0.15, 0.2) is 0 Å². The second kappa shape index (κ2) is 5.44. The van der Waals surface area contributed by atoms with Crippen molar-refractivity contribution in [3.05, 3.63) is 23.8 Å². The van der Waals surface area contributed by atoms with E-state index in [-0.39, 0.29) is 0 Å². The number of hydrogen-bond donors (Lipinski definition) is 1. The second-order valence-electron chi connectivity index (χ2n) is 4.89. The lowest BCUT2D eigenvalue weighted by Gasteiger charge is -2.39. The van der Waals surface area contributed by atoms with Crippen LogP contribution >= 0.6 is 0 Å². The molecule has 0 saturated heterocycles. The van der Waals surface area contributed by atoms with E-state index in [9.17, 15) is 9.90 Å². The Balaban J connectivity index is 2.11. The molecule has 2 rings (SSSR count). The summed E-state index contributed by atoms with van der Waals surface area (Å²) in [6, 6.07) is 1.72. The van der Waals surface area contributed by atoms with E-state index in [1.165, 1.54) is 6.42 Å². The summed E-state index contributed by atoms with van der Waals surface area (Å²) < 4.78 is 0. The Bertz CT molecular complexity index is 432. The third kappa shape index (κ3) is 2.85. The molecule has 1 N–H and O–H groups in total. The number of aryl methyl sites for hydroxylation is 1. The molecule has 0 spiro atoms. The Kier molecular flexibility index (Phi) is 3.91. The van der Waals surface area contributed by atoms with E-state index in [4.69, 9.17) is 0 Å². The summed E-state index contributed by atoms with van der Waals surface area (Å²) in [5.41, 5.74) is 0.913. The number of aliphatic carboxylic acids is 1. The molecule has 5 nitrogen and oxygen atoms in total. The fourth-order valence-electron chi connectivity index (χ4n) is 2.18. The molecule has 0 radical (unpaired) electrons. The van der Waals surface area contributed by atoms with Gasteiger partial charge in [0.05, 0.1) is 6.54 Å². The summed E-state index contributed by atoms with van der Waals surface area (Å²) in [7, 11) is 0. The minimum Gasteiger partial charge on any atom is -0.480 e. The molecule has 5 heteroatoms. The molecule has 1 atom stereocenters. The fourth-order valence-corrected chi connectivity index (χ4v) is 2.18. The van der Waals surface area contributed by atoms with E-state index in [1.54, 1.807) is 13.1 Å². The second-order valence-corrected chi connectivity index (χ2v) is 4.89. The SMILES string of the molecule is Cc1ccnc(CN(C2CCC2)C(C)C(=O)O)n1. The van der Waals surface area contributed by atoms with Gasteiger partial charge < -0.3 is 5.11 Å². The smallest absolute Gasteiger partial charge is 0.320 e. The van der Waals surface area contributed by atoms with Crippen molar-refractivity contribution >= 4 is 5.97 Å². The van der Waals surface area contributed by atoms with Crippen molar-refractivity contribution in [2.75, 3.05) is 0 Å². The van der Waals surface area contributed by atoms with Crippen LogP contribution in [-0.2, 0) is 11.3 Å². The third-order valence-corrected chi connectivity index (χ3v) is 3.57. The average Bonchev–Trinajstić information content (AvgIpc) is 2.24. The normalized spacial score (nSPS) is 17.5. The van der Waals surface area contributed by atoms with Gasteiger partial charge in [-0.15, -0.1) is 0 Å². The number of carboxylic acids is 1. The first-order valence-corrected chi connectivity index (χ1v) is 6.35. The fraction of sp³-hybridized carbons (Fsp3) is 0.615. The van der Waals surface area contributed by atoms with Crippen molar-refractivity contribution in [3.63, 3.8) is 0 Å². The molecule has 0 bridgehead atoms. The lowest BCUT2D eigenvalue weighted by molar-refractivity contribution is -0.144. The van der Waals surface area contributed by atoms with Crippen LogP contribution in [0.2, 0.25) is 0 Å². The summed E-state index contributed by atoms with van der Waals surface area (Å²) in [6.45, 7) is 4.16. The number of hydrogen-bond acceptors (Lipinski definition) is 4. The van der Waals surface area contributed by atoms with Gasteiger partial charge in [-0.25, -0.2) is 9.97 Å². The molecular weight excluding hydrogens is 230 g/mol. The predicted molar refractivity (Wildman–Crippen MR) is 67.0 cm³/mol. The van der Waals surface area contributed by atoms with Gasteiger partial charge in [-0.2, -0.15) is 0 Å². The van der Waals surface area contributed by atoms with Gasteiger partial charge in [0.25, 0.3) is 0 Å². The van der Waals surface area contributed by atoms with Gasteiger partial charge in [0.2, 0.25) is 0 Å². The molecule has 1 aromatic rings. The monoisotopic (exact) mass is 249 g/mol. The Morgan fingerprint density at radius 2 is 2.33 bits per heavy atom. The van der Waals surface area contributed by atoms with Crippen molar-refractivity contribution in [2.45, 2.75) is 51.7 Å². The van der Waals surface area contributed by atoms with E-state index >= 15 is 0 Å². The van der Waals surface area contributed by atoms with E-state index < -0.39 is 12.0 Å². The maximum absolute atomic E-state index is 11.2. The molecular formula is C13H19N3O2. The van der Waals surface area contributed by atoms with Crippen LogP contribution in [0.1, 0.15) is 37.7 Å². The van der Waals surface area contributed by atoms with Crippen LogP contribution in [0.5, 0.6) is 0 Å². The molecule has 1 aliphatic rings. The summed E-state index contributed by atoms with van der Waals surface area (Å²) in [4.78, 5) is 21.7. The van der Waals surface area contributed by atoms with Crippen LogP contribution in [0.4, 0.5) is 0 Å². The number of rotatable bonds is 5. The first kappa shape index (κ1) is 13.0. The summed E-state index contributed by atoms with van der Waals surface area (Å²) in [5, 5.41) is 9.17. The molecule has 1 heterocycles. The lowest BCUT2D eigenvalue weighted by atomic mass is 9.90. The van der Waals surface area contributed by atoms with Crippen molar-refractivity contribution in [1.82, 2.24) is 14.9 Å². The molecule has 1 aromatic heterocycles. The molecule has 1 unspecified atom stereocenters. The van der Waals surface area contributed by atoms with E-state index in [0.717, 1.165) is 18.5 Å². The van der Waals surface area contributed by atoms with E-state index in [2.05, 4.69) is 9.97 Å². The van der Waals surface area contributed by atoms with Crippen LogP contribution in [0.25, 0.3) is 0 Å². The predicted octanol–water partition coefficient (Wildman–Crippen LogP) is 1.61. The molecule has 0 aromatic carbocycles. The number of carboxylic acid groups (broad SMARTS) is 1. The van der Waals surface area contributed by atoms with Crippen LogP contribution in [0, 0.1) is 6.92 Å². The van der Waals surface area contributed by atoms with Crippen LogP contribution in [-0.4, -0.2) is 38.0 Å². The zero-order chi connectivity index (χ0) is 13.1. The average molecular weight is 249 g/mol. The lowest BCUT2D eigenvalue weighted by Crippen LogP contribution is -2.48. The van der Waals surface area contributed by atoms with Crippen LogP contribution < -0.4 is 0 Å². The number of nitrogens with zero attached hydrogens (tertiary/aromatic N) is 3. The quantitative estimate of drug-likeness (QED) is 0.858. The molecule has 0 amide bonds. The Labute approximate surface area is 107 Å². The summed E-state index contributed by atoms with van der Waals surface area (Å²) >= 11 is 0. The Hall–Kier alpha value is -1.49. The van der Waals surface area contributed by atoms with Gasteiger partial charge in [0.1, 0.15) is 11.9 Å². The van der Waals surface area contributed by atoms with Crippen molar-refractivity contribution in [2.24, 2.45) is 0 Å². The maximum atomic E-state index is 11.2. The van der Waals surface area contributed by atoms with E-state index in [0.29, 0.717) is 18.4 Å². The van der Waals surface area contributed by atoms with E-state index in [1.807, 2.05) is 17.9 Å². The third-order valence-electron chi connectivity index (χ3n) is 3.57. The molecule has 0 aliphatic heterocycles. The first-order chi connectivity index (χ1) is 8.58. The summed E-state index contributed by atoms with van der Waals surface area (Å²) in [5.74, 6) is -0.0791. The largest absolute Gasteiger partial charge is 0.480 e. The standard InChI is InChI=1S/C13H19N3O2/c1-9-6-7-14-12(15-9)8-16(10(2)13(17)18)11-4-3-5-11/h6-7,10-11H,3-5,8H2,1-2H3,(H,17,18). The zero-order valence-electron chi connectivity index (χ0n) is 10.8. The Morgan fingerprint density at radius 1 is 1.61 bits per heavy atom. The topological polar surface area (TPSA) is 66.3 Å². The molecule has 1 saturated carbocycles. The van der Waals surface area contributed by atoms with Crippen molar-refractivity contribution in [3.8, 4) is 0 Å². The Morgan fingerprint density at radius 3 is 2.83 bits per heavy atom. The number of aromatic nitrogens is 2. The van der Waals surface area contributed by atoms with Gasteiger partial charge in [0, 0.05) is 17.9 Å². The van der Waals surface area contributed by atoms with Crippen LogP contribution in [0.15, 0.2) is 12.3 Å². The first-order valence-electron chi connectivity index (χ1n) is 6.35. The van der Waals surface area contributed by atoms with Gasteiger partial charge in [-0.05, 0) is 32.8 Å². The number of carbonyl (C=O) groups is 1. The van der Waals surface area contributed by atoms with Gasteiger partial charge in [-0.3, -0.25) is 9.69 Å². The highest BCUT2D eigenvalue weighted by Crippen LogP contribution is 2.27. The minimum atomic E-state index is -0.783. The highest BCUT2D eigenvalue weighted by molar-refractivity contribution is 5.72. The maximum Gasteiger partial charge on any atom is 0.320 e. The minimum absolute atomic E-state index is 0.361. The van der Waals surface area contributed by atoms with Gasteiger partial charge >= 0.3 is 5.97 Å². The van der Waals surface area contributed by atoms with Gasteiger partial charge in [-0.1, -0.05) is 6.42 Å². The molecule has 1 fully saturated rings. The molecule has 18 heavy (non-hydrogen) atoms. The summed E-state index contributed by atoms with van der Waals surface area (Å²) in [6.07, 6.45) is 5.05. The highest BCUT2D eigenvalue weighted by atomic mass is 16.4. The zero-order valence-corrected chi connectivity index (χ0v) is 10.8. The van der Waals surface area contributed by atoms with Crippen LogP contribution in [0.3, 0.4) is 0 Å². The molecule has 98 valence electrons. The highest BCUT2D eigenvalue weighted by Gasteiger charge is 2.32.